The molecule has 1 atom stereocenters. The lowest BCUT2D eigenvalue weighted by atomic mass is 10.1. The number of rotatable bonds is 5. The van der Waals surface area contributed by atoms with Gasteiger partial charge in [-0.3, -0.25) is 19.1 Å². The zero-order valence-electron chi connectivity index (χ0n) is 15.8. The molecule has 1 fully saturated rings. The predicted octanol–water partition coefficient (Wildman–Crippen LogP) is 3.68. The van der Waals surface area contributed by atoms with Gasteiger partial charge in [0.1, 0.15) is 6.04 Å². The Hall–Kier alpha value is -3.15. The van der Waals surface area contributed by atoms with Crippen LogP contribution in [0, 0.1) is 0 Å². The molecule has 0 spiro atoms. The SMILES string of the molecule is CCc1ccc(NC(=O)CC2C(=O)N(C3CC3)c3nc4ccccc4n32)cc1. The van der Waals surface area contributed by atoms with Crippen LogP contribution in [0.4, 0.5) is 11.6 Å². The molecule has 1 aromatic heterocycles. The van der Waals surface area contributed by atoms with E-state index < -0.39 is 6.04 Å². The summed E-state index contributed by atoms with van der Waals surface area (Å²) in [6, 6.07) is 15.3. The maximum Gasteiger partial charge on any atom is 0.253 e. The highest BCUT2D eigenvalue weighted by atomic mass is 16.2. The number of amides is 2. The van der Waals surface area contributed by atoms with Crippen LogP contribution in [0.15, 0.2) is 48.5 Å². The van der Waals surface area contributed by atoms with Gasteiger partial charge in [0.2, 0.25) is 11.9 Å². The van der Waals surface area contributed by atoms with Gasteiger partial charge < -0.3 is 5.32 Å². The zero-order chi connectivity index (χ0) is 19.3. The highest BCUT2D eigenvalue weighted by Gasteiger charge is 2.47. The summed E-state index contributed by atoms with van der Waals surface area (Å²) in [5.74, 6) is 0.495. The van der Waals surface area contributed by atoms with Gasteiger partial charge in [0.25, 0.3) is 5.91 Å². The number of benzene rings is 2. The second-order valence-corrected chi connectivity index (χ2v) is 7.53. The molecule has 2 heterocycles. The van der Waals surface area contributed by atoms with Gasteiger partial charge in [-0.15, -0.1) is 0 Å². The molecule has 0 radical (unpaired) electrons. The third-order valence-corrected chi connectivity index (χ3v) is 5.56. The molecule has 2 amide bonds. The number of carbonyl (C=O) groups is 2. The van der Waals surface area contributed by atoms with Gasteiger partial charge in [-0.05, 0) is 49.1 Å². The van der Waals surface area contributed by atoms with E-state index in [1.807, 2.05) is 53.1 Å². The lowest BCUT2D eigenvalue weighted by molar-refractivity contribution is -0.124. The summed E-state index contributed by atoms with van der Waals surface area (Å²) < 4.78 is 1.94. The number of nitrogens with one attached hydrogen (secondary N) is 1. The third kappa shape index (κ3) is 2.76. The Morgan fingerprint density at radius 1 is 1.14 bits per heavy atom. The summed E-state index contributed by atoms with van der Waals surface area (Å²) in [5.41, 5.74) is 3.73. The monoisotopic (exact) mass is 374 g/mol. The van der Waals surface area contributed by atoms with Gasteiger partial charge in [0.05, 0.1) is 17.5 Å². The van der Waals surface area contributed by atoms with Crippen molar-refractivity contribution in [2.24, 2.45) is 0 Å². The highest BCUT2D eigenvalue weighted by molar-refractivity contribution is 6.05. The summed E-state index contributed by atoms with van der Waals surface area (Å²) in [6.45, 7) is 2.10. The van der Waals surface area contributed by atoms with Crippen molar-refractivity contribution in [3.63, 3.8) is 0 Å². The van der Waals surface area contributed by atoms with E-state index in [4.69, 9.17) is 0 Å². The van der Waals surface area contributed by atoms with Crippen molar-refractivity contribution in [3.05, 3.63) is 54.1 Å². The number of hydrogen-bond acceptors (Lipinski definition) is 3. The molecular formula is C22H22N4O2. The molecule has 2 aliphatic rings. The smallest absolute Gasteiger partial charge is 0.253 e. The van der Waals surface area contributed by atoms with Gasteiger partial charge in [0.15, 0.2) is 0 Å². The number of nitrogens with zero attached hydrogens (tertiary/aromatic N) is 3. The predicted molar refractivity (Wildman–Crippen MR) is 108 cm³/mol. The molecule has 1 saturated carbocycles. The van der Waals surface area contributed by atoms with E-state index >= 15 is 0 Å². The second-order valence-electron chi connectivity index (χ2n) is 7.53. The maximum atomic E-state index is 13.1. The Kier molecular flexibility index (Phi) is 3.93. The van der Waals surface area contributed by atoms with Gasteiger partial charge >= 0.3 is 0 Å². The first kappa shape index (κ1) is 17.0. The fourth-order valence-corrected chi connectivity index (χ4v) is 3.94. The highest BCUT2D eigenvalue weighted by Crippen LogP contribution is 2.42. The van der Waals surface area contributed by atoms with Crippen LogP contribution >= 0.6 is 0 Å². The van der Waals surface area contributed by atoms with Gasteiger partial charge in [-0.1, -0.05) is 31.2 Å². The number of imidazole rings is 1. The van der Waals surface area contributed by atoms with Gasteiger partial charge in [-0.25, -0.2) is 4.98 Å². The third-order valence-electron chi connectivity index (χ3n) is 5.56. The Morgan fingerprint density at radius 2 is 1.89 bits per heavy atom. The van der Waals surface area contributed by atoms with E-state index in [0.29, 0.717) is 5.95 Å². The van der Waals surface area contributed by atoms with Crippen molar-refractivity contribution in [2.75, 3.05) is 10.2 Å². The summed E-state index contributed by atoms with van der Waals surface area (Å²) >= 11 is 0. The number of aryl methyl sites for hydroxylation is 1. The average Bonchev–Trinajstić information content (AvgIpc) is 3.41. The Bertz CT molecular complexity index is 1070. The topological polar surface area (TPSA) is 67.2 Å². The van der Waals surface area contributed by atoms with Crippen LogP contribution in [0.5, 0.6) is 0 Å². The first-order chi connectivity index (χ1) is 13.7. The van der Waals surface area contributed by atoms with E-state index in [1.165, 1.54) is 5.56 Å². The second kappa shape index (κ2) is 6.48. The van der Waals surface area contributed by atoms with E-state index in [9.17, 15) is 9.59 Å². The largest absolute Gasteiger partial charge is 0.326 e. The molecule has 1 N–H and O–H groups in total. The molecule has 0 bridgehead atoms. The lowest BCUT2D eigenvalue weighted by Gasteiger charge is -2.15. The van der Waals surface area contributed by atoms with Crippen molar-refractivity contribution in [3.8, 4) is 0 Å². The normalized spacial score (nSPS) is 18.5. The summed E-state index contributed by atoms with van der Waals surface area (Å²) in [5, 5.41) is 2.93. The van der Waals surface area contributed by atoms with Crippen LogP contribution in [0.2, 0.25) is 0 Å². The van der Waals surface area contributed by atoms with E-state index in [0.717, 1.165) is 36.0 Å². The van der Waals surface area contributed by atoms with Crippen LogP contribution in [0.3, 0.4) is 0 Å². The zero-order valence-corrected chi connectivity index (χ0v) is 15.8. The average molecular weight is 374 g/mol. The molecule has 1 aliphatic heterocycles. The van der Waals surface area contributed by atoms with Crippen LogP contribution in [0.1, 0.15) is 37.8 Å². The van der Waals surface area contributed by atoms with Crippen LogP contribution in [-0.4, -0.2) is 27.4 Å². The van der Waals surface area contributed by atoms with Gasteiger partial charge in [0, 0.05) is 11.7 Å². The number of para-hydroxylation sites is 2. The molecule has 142 valence electrons. The molecule has 5 rings (SSSR count). The standard InChI is InChI=1S/C22H22N4O2/c1-2-14-7-9-15(10-8-14)23-20(27)13-19-21(28)25(16-11-12-16)22-24-17-5-3-4-6-18(17)26(19)22/h3-10,16,19H,2,11-13H2,1H3,(H,23,27). The molecule has 1 unspecified atom stereocenters. The first-order valence-electron chi connectivity index (χ1n) is 9.84. The van der Waals surface area contributed by atoms with E-state index in [1.54, 1.807) is 4.90 Å². The minimum Gasteiger partial charge on any atom is -0.326 e. The fourth-order valence-electron chi connectivity index (χ4n) is 3.94. The molecule has 6 heteroatoms. The van der Waals surface area contributed by atoms with Crippen molar-refractivity contribution >= 4 is 34.5 Å². The molecular weight excluding hydrogens is 352 g/mol. The number of aromatic nitrogens is 2. The van der Waals surface area contributed by atoms with Crippen LogP contribution in [-0.2, 0) is 16.0 Å². The Morgan fingerprint density at radius 3 is 2.61 bits per heavy atom. The van der Waals surface area contributed by atoms with E-state index in [-0.39, 0.29) is 24.3 Å². The number of hydrogen-bond donors (Lipinski definition) is 1. The summed E-state index contributed by atoms with van der Waals surface area (Å²) in [4.78, 5) is 32.3. The lowest BCUT2D eigenvalue weighted by Crippen LogP contribution is -2.33. The Balaban J connectivity index is 1.43. The van der Waals surface area contributed by atoms with E-state index in [2.05, 4.69) is 17.2 Å². The van der Waals surface area contributed by atoms with Crippen LogP contribution in [0.25, 0.3) is 11.0 Å². The number of carbonyl (C=O) groups excluding carboxylic acids is 2. The number of anilines is 2. The Labute approximate surface area is 163 Å². The van der Waals surface area contributed by atoms with Crippen molar-refractivity contribution in [1.82, 2.24) is 9.55 Å². The molecule has 6 nitrogen and oxygen atoms in total. The van der Waals surface area contributed by atoms with Crippen molar-refractivity contribution < 1.29 is 9.59 Å². The molecule has 3 aromatic rings. The van der Waals surface area contributed by atoms with Crippen molar-refractivity contribution in [1.29, 1.82) is 0 Å². The molecule has 2 aromatic carbocycles. The summed E-state index contributed by atoms with van der Waals surface area (Å²) in [7, 11) is 0. The fraction of sp³-hybridized carbons (Fsp3) is 0.318. The van der Waals surface area contributed by atoms with Crippen molar-refractivity contribution in [2.45, 2.75) is 44.7 Å². The molecule has 0 saturated heterocycles. The van der Waals surface area contributed by atoms with Crippen LogP contribution < -0.4 is 10.2 Å². The molecule has 1 aliphatic carbocycles. The minimum atomic E-state index is -0.544. The maximum absolute atomic E-state index is 13.1. The quantitative estimate of drug-likeness (QED) is 0.741. The molecule has 28 heavy (non-hydrogen) atoms. The minimum absolute atomic E-state index is 0.0211. The summed E-state index contributed by atoms with van der Waals surface area (Å²) in [6.07, 6.45) is 3.05. The number of fused-ring (bicyclic) bond motifs is 3. The first-order valence-corrected chi connectivity index (χ1v) is 9.84. The van der Waals surface area contributed by atoms with Gasteiger partial charge in [-0.2, -0.15) is 0 Å².